The molecule has 0 amide bonds. The highest BCUT2D eigenvalue weighted by atomic mass is 127. The van der Waals surface area contributed by atoms with Crippen molar-refractivity contribution in [3.05, 3.63) is 23.8 Å². The van der Waals surface area contributed by atoms with Gasteiger partial charge in [-0.05, 0) is 24.6 Å². The van der Waals surface area contributed by atoms with Crippen molar-refractivity contribution in [2.75, 3.05) is 16.3 Å². The highest BCUT2D eigenvalue weighted by Crippen LogP contribution is 2.34. The molecule has 0 radical (unpaired) electrons. The number of aryl methyl sites for hydroxylation is 1. The molecule has 0 aromatic heterocycles. The quantitative estimate of drug-likeness (QED) is 0.533. The molecule has 0 aliphatic carbocycles. The summed E-state index contributed by atoms with van der Waals surface area (Å²) in [4.78, 5) is 0. The Hall–Kier alpha value is -0.450. The molecule has 0 N–H and O–H groups in total. The highest BCUT2D eigenvalue weighted by Gasteiger charge is 2.14. The first-order valence-electron chi connectivity index (χ1n) is 3.94. The third-order valence-electron chi connectivity index (χ3n) is 1.92. The summed E-state index contributed by atoms with van der Waals surface area (Å²) in [5, 5.41) is 0. The van der Waals surface area contributed by atoms with Gasteiger partial charge in [0.2, 0.25) is 0 Å². The summed E-state index contributed by atoms with van der Waals surface area (Å²) in [6.45, 7) is 3.86. The maximum Gasteiger partial charge on any atom is 0.143 e. The molecule has 64 valence electrons. The summed E-state index contributed by atoms with van der Waals surface area (Å²) in [7, 11) is 0. The van der Waals surface area contributed by atoms with E-state index in [1.165, 1.54) is 11.3 Å². The van der Waals surface area contributed by atoms with Crippen LogP contribution in [0.15, 0.2) is 18.2 Å². The molecule has 1 heterocycles. The van der Waals surface area contributed by atoms with Crippen LogP contribution in [0.4, 0.5) is 5.69 Å². The van der Waals surface area contributed by atoms with Crippen molar-refractivity contribution in [1.29, 1.82) is 0 Å². The Morgan fingerprint density at radius 1 is 1.50 bits per heavy atom. The predicted molar refractivity (Wildman–Crippen MR) is 58.0 cm³/mol. The van der Waals surface area contributed by atoms with Crippen LogP contribution in [-0.2, 0) is 0 Å². The molecule has 0 fully saturated rings. The summed E-state index contributed by atoms with van der Waals surface area (Å²) >= 11 is 2.32. The number of nitrogens with zero attached hydrogens (tertiary/aromatic N) is 1. The Kier molecular flexibility index (Phi) is 2.12. The fourth-order valence-electron chi connectivity index (χ4n) is 1.30. The summed E-state index contributed by atoms with van der Waals surface area (Å²) in [5.74, 6) is 1.00. The summed E-state index contributed by atoms with van der Waals surface area (Å²) < 4.78 is 7.70. The third-order valence-corrected chi connectivity index (χ3v) is 2.92. The fourth-order valence-corrected chi connectivity index (χ4v) is 1.87. The molecule has 1 aromatic carbocycles. The second-order valence-corrected chi connectivity index (χ2v) is 4.07. The number of rotatable bonds is 0. The van der Waals surface area contributed by atoms with Crippen LogP contribution in [-0.4, -0.2) is 13.2 Å². The van der Waals surface area contributed by atoms with Crippen LogP contribution in [0.3, 0.4) is 0 Å². The number of fused-ring (bicyclic) bond motifs is 1. The second kappa shape index (κ2) is 3.12. The Balaban J connectivity index is 2.47. The lowest BCUT2D eigenvalue weighted by molar-refractivity contribution is 0.319. The molecule has 1 aliphatic rings. The van der Waals surface area contributed by atoms with Crippen LogP contribution in [0, 0.1) is 6.92 Å². The van der Waals surface area contributed by atoms with E-state index in [4.69, 9.17) is 4.74 Å². The van der Waals surface area contributed by atoms with Crippen molar-refractivity contribution in [3.63, 3.8) is 0 Å². The van der Waals surface area contributed by atoms with Gasteiger partial charge in [-0.3, -0.25) is 0 Å². The monoisotopic (exact) mass is 275 g/mol. The molecule has 0 saturated heterocycles. The lowest BCUT2D eigenvalue weighted by atomic mass is 10.2. The van der Waals surface area contributed by atoms with Crippen molar-refractivity contribution in [2.45, 2.75) is 6.92 Å². The van der Waals surface area contributed by atoms with E-state index >= 15 is 0 Å². The van der Waals surface area contributed by atoms with E-state index in [2.05, 4.69) is 45.0 Å². The molecule has 2 rings (SSSR count). The molecule has 12 heavy (non-hydrogen) atoms. The van der Waals surface area contributed by atoms with Gasteiger partial charge in [-0.15, -0.1) is 0 Å². The van der Waals surface area contributed by atoms with Crippen molar-refractivity contribution in [2.24, 2.45) is 0 Å². The zero-order chi connectivity index (χ0) is 8.55. The number of halogens is 1. The average molecular weight is 275 g/mol. The van der Waals surface area contributed by atoms with Crippen LogP contribution >= 0.6 is 22.9 Å². The van der Waals surface area contributed by atoms with Gasteiger partial charge in [0.25, 0.3) is 0 Å². The zero-order valence-electron chi connectivity index (χ0n) is 6.88. The number of hydrogen-bond donors (Lipinski definition) is 0. The largest absolute Gasteiger partial charge is 0.490 e. The molecule has 0 atom stereocenters. The van der Waals surface area contributed by atoms with Crippen LogP contribution in [0.1, 0.15) is 5.56 Å². The van der Waals surface area contributed by atoms with Crippen molar-refractivity contribution < 1.29 is 4.74 Å². The highest BCUT2D eigenvalue weighted by molar-refractivity contribution is 14.1. The molecule has 1 aromatic rings. The Morgan fingerprint density at radius 3 is 3.17 bits per heavy atom. The van der Waals surface area contributed by atoms with E-state index in [9.17, 15) is 0 Å². The van der Waals surface area contributed by atoms with Gasteiger partial charge in [-0.2, -0.15) is 0 Å². The van der Waals surface area contributed by atoms with Crippen molar-refractivity contribution in [3.8, 4) is 5.75 Å². The second-order valence-electron chi connectivity index (χ2n) is 2.91. The van der Waals surface area contributed by atoms with Gasteiger partial charge in [-0.25, -0.2) is 0 Å². The van der Waals surface area contributed by atoms with Gasteiger partial charge < -0.3 is 7.85 Å². The smallest absolute Gasteiger partial charge is 0.143 e. The van der Waals surface area contributed by atoms with Crippen molar-refractivity contribution >= 4 is 28.6 Å². The predicted octanol–water partition coefficient (Wildman–Crippen LogP) is 2.54. The Morgan fingerprint density at radius 2 is 2.33 bits per heavy atom. The SMILES string of the molecule is Cc1ccc2c(c1)N(I)CCO2. The van der Waals surface area contributed by atoms with E-state index in [-0.39, 0.29) is 0 Å². The maximum absolute atomic E-state index is 5.50. The minimum Gasteiger partial charge on any atom is -0.490 e. The molecule has 0 spiro atoms. The molecule has 0 unspecified atom stereocenters. The van der Waals surface area contributed by atoms with Gasteiger partial charge >= 0.3 is 0 Å². The number of ether oxygens (including phenoxy) is 1. The van der Waals surface area contributed by atoms with Crippen molar-refractivity contribution in [1.82, 2.24) is 0 Å². The van der Waals surface area contributed by atoms with E-state index in [1.54, 1.807) is 0 Å². The minimum absolute atomic E-state index is 0.791. The molecule has 2 nitrogen and oxygen atoms in total. The molecular formula is C9H10INO. The number of benzene rings is 1. The molecule has 1 aliphatic heterocycles. The fraction of sp³-hybridized carbons (Fsp3) is 0.333. The maximum atomic E-state index is 5.50. The van der Waals surface area contributed by atoms with Crippen LogP contribution in [0.25, 0.3) is 0 Å². The number of hydrogen-bond acceptors (Lipinski definition) is 2. The van der Waals surface area contributed by atoms with Crippen LogP contribution < -0.4 is 7.85 Å². The van der Waals surface area contributed by atoms with E-state index in [0.717, 1.165) is 18.9 Å². The molecule has 0 saturated carbocycles. The molecule has 3 heteroatoms. The molecule has 0 bridgehead atoms. The standard InChI is InChI=1S/C9H10INO/c1-7-2-3-9-8(6-7)11(10)4-5-12-9/h2-3,6H,4-5H2,1H3. The van der Waals surface area contributed by atoms with Gasteiger partial charge in [0, 0.05) is 0 Å². The lowest BCUT2D eigenvalue weighted by Crippen LogP contribution is -2.23. The van der Waals surface area contributed by atoms with Gasteiger partial charge in [0.05, 0.1) is 35.1 Å². The summed E-state index contributed by atoms with van der Waals surface area (Å²) in [5.41, 5.74) is 2.47. The summed E-state index contributed by atoms with van der Waals surface area (Å²) in [6.07, 6.45) is 0. The Bertz CT molecular complexity index is 301. The number of anilines is 1. The van der Waals surface area contributed by atoms with E-state index in [0.29, 0.717) is 0 Å². The topological polar surface area (TPSA) is 12.5 Å². The normalized spacial score (nSPS) is 15.3. The first kappa shape index (κ1) is 8.16. The van der Waals surface area contributed by atoms with E-state index < -0.39 is 0 Å². The first-order chi connectivity index (χ1) is 5.77. The summed E-state index contributed by atoms with van der Waals surface area (Å²) in [6, 6.07) is 6.27. The van der Waals surface area contributed by atoms with Crippen LogP contribution in [0.2, 0.25) is 0 Å². The first-order valence-corrected chi connectivity index (χ1v) is 4.90. The average Bonchev–Trinajstić information content (AvgIpc) is 2.07. The third kappa shape index (κ3) is 1.37. The minimum atomic E-state index is 0.791. The molecular weight excluding hydrogens is 265 g/mol. The Labute approximate surface area is 86.0 Å². The lowest BCUT2D eigenvalue weighted by Gasteiger charge is -2.25. The van der Waals surface area contributed by atoms with Gasteiger partial charge in [0.1, 0.15) is 12.4 Å². The van der Waals surface area contributed by atoms with Crippen LogP contribution in [0.5, 0.6) is 5.75 Å². The zero-order valence-corrected chi connectivity index (χ0v) is 9.04. The van der Waals surface area contributed by atoms with Gasteiger partial charge in [0.15, 0.2) is 0 Å². The van der Waals surface area contributed by atoms with E-state index in [1.807, 2.05) is 6.07 Å². The van der Waals surface area contributed by atoms with Gasteiger partial charge in [-0.1, -0.05) is 6.07 Å².